The highest BCUT2D eigenvalue weighted by Gasteiger charge is 2.47. The van der Waals surface area contributed by atoms with Crippen molar-refractivity contribution in [3.05, 3.63) is 24.1 Å². The molecule has 112 valence electrons. The fourth-order valence-corrected chi connectivity index (χ4v) is 8.27. The Morgan fingerprint density at radius 2 is 1.37 bits per heavy atom. The van der Waals surface area contributed by atoms with Crippen LogP contribution in [0.25, 0.3) is 0 Å². The molecule has 0 unspecified atom stereocenters. The van der Waals surface area contributed by atoms with Gasteiger partial charge < -0.3 is 9.33 Å². The Kier molecular flexibility index (Phi) is 7.49. The number of allylic oxidation sites excluding steroid dienone is 2. The first-order valence-electron chi connectivity index (χ1n) is 7.38. The Morgan fingerprint density at radius 3 is 1.63 bits per heavy atom. The Balaban J connectivity index is 5.32. The van der Waals surface area contributed by atoms with Crippen molar-refractivity contribution in [1.82, 2.24) is 4.90 Å². The third kappa shape index (κ3) is 4.72. The molecule has 2 nitrogen and oxygen atoms in total. The van der Waals surface area contributed by atoms with Gasteiger partial charge in [0.2, 0.25) is 0 Å². The molecule has 0 spiro atoms. The fourth-order valence-electron chi connectivity index (χ4n) is 2.97. The maximum Gasteiger partial charge on any atom is 0.258 e. The predicted molar refractivity (Wildman–Crippen MR) is 88.7 cm³/mol. The highest BCUT2D eigenvalue weighted by Crippen LogP contribution is 2.43. The van der Waals surface area contributed by atoms with Crippen molar-refractivity contribution in [1.29, 1.82) is 0 Å². The standard InChI is InChI=1S/C16H33NOSi/c1-10-16(11-12-17(8)9)18-19(13(2)3,14(4)5)15(6)7/h10-15H,1-9H3/b12-11+,16-10+. The van der Waals surface area contributed by atoms with Crippen LogP contribution in [0, 0.1) is 0 Å². The molecule has 0 aromatic carbocycles. The molecule has 0 aliphatic rings. The topological polar surface area (TPSA) is 12.5 Å². The zero-order valence-corrected chi connectivity index (χ0v) is 15.3. The van der Waals surface area contributed by atoms with E-state index in [4.69, 9.17) is 4.43 Å². The van der Waals surface area contributed by atoms with Gasteiger partial charge in [0, 0.05) is 20.3 Å². The molecule has 0 aliphatic heterocycles. The predicted octanol–water partition coefficient (Wildman–Crippen LogP) is 5.16. The number of rotatable bonds is 7. The molecule has 0 amide bonds. The van der Waals surface area contributed by atoms with E-state index in [0.717, 1.165) is 5.76 Å². The second kappa shape index (κ2) is 7.78. The van der Waals surface area contributed by atoms with Gasteiger partial charge in [-0.2, -0.15) is 0 Å². The minimum atomic E-state index is -1.82. The molecule has 0 N–H and O–H groups in total. The highest BCUT2D eigenvalue weighted by atomic mass is 28.4. The van der Waals surface area contributed by atoms with Crippen LogP contribution in [0.2, 0.25) is 16.6 Å². The lowest BCUT2D eigenvalue weighted by Crippen LogP contribution is -2.47. The van der Waals surface area contributed by atoms with Crippen LogP contribution in [0.15, 0.2) is 24.1 Å². The van der Waals surface area contributed by atoms with Crippen LogP contribution >= 0.6 is 0 Å². The van der Waals surface area contributed by atoms with Crippen LogP contribution in [-0.4, -0.2) is 27.3 Å². The first-order valence-corrected chi connectivity index (χ1v) is 9.52. The van der Waals surface area contributed by atoms with Crippen molar-refractivity contribution in [2.75, 3.05) is 14.1 Å². The van der Waals surface area contributed by atoms with Gasteiger partial charge >= 0.3 is 0 Å². The summed E-state index contributed by atoms with van der Waals surface area (Å²) in [5.74, 6) is 1.01. The van der Waals surface area contributed by atoms with Gasteiger partial charge in [0.1, 0.15) is 0 Å². The molecule has 0 aliphatic carbocycles. The molecule has 0 fully saturated rings. The summed E-state index contributed by atoms with van der Waals surface area (Å²) in [4.78, 5) is 2.04. The zero-order valence-electron chi connectivity index (χ0n) is 14.3. The molecule has 0 heterocycles. The van der Waals surface area contributed by atoms with Crippen molar-refractivity contribution < 1.29 is 4.43 Å². The van der Waals surface area contributed by atoms with E-state index in [1.165, 1.54) is 0 Å². The van der Waals surface area contributed by atoms with Crippen LogP contribution in [0.1, 0.15) is 48.5 Å². The third-order valence-electron chi connectivity index (χ3n) is 3.82. The maximum atomic E-state index is 6.61. The normalized spacial score (nSPS) is 14.0. The summed E-state index contributed by atoms with van der Waals surface area (Å²) in [5, 5.41) is 0. The van der Waals surface area contributed by atoms with Gasteiger partial charge in [0.25, 0.3) is 8.32 Å². The van der Waals surface area contributed by atoms with E-state index < -0.39 is 8.32 Å². The summed E-state index contributed by atoms with van der Waals surface area (Å²) in [6.45, 7) is 15.9. The number of hydrogen-bond donors (Lipinski definition) is 0. The van der Waals surface area contributed by atoms with E-state index in [-0.39, 0.29) is 0 Å². The van der Waals surface area contributed by atoms with Crippen molar-refractivity contribution in [2.45, 2.75) is 65.1 Å². The van der Waals surface area contributed by atoms with Crippen molar-refractivity contribution >= 4 is 8.32 Å². The SMILES string of the molecule is C/C=C(\C=C\N(C)C)O[Si](C(C)C)(C(C)C)C(C)C. The van der Waals surface area contributed by atoms with Gasteiger partial charge in [-0.15, -0.1) is 0 Å². The smallest absolute Gasteiger partial charge is 0.258 e. The summed E-state index contributed by atoms with van der Waals surface area (Å²) in [7, 11) is 2.24. The molecular weight excluding hydrogens is 250 g/mol. The van der Waals surface area contributed by atoms with Crippen LogP contribution < -0.4 is 0 Å². The molecule has 0 bridgehead atoms. The summed E-state index contributed by atoms with van der Waals surface area (Å²) in [6, 6.07) is 0. The Morgan fingerprint density at radius 1 is 0.947 bits per heavy atom. The monoisotopic (exact) mass is 283 g/mol. The van der Waals surface area contributed by atoms with E-state index in [9.17, 15) is 0 Å². The number of nitrogens with zero attached hydrogens (tertiary/aromatic N) is 1. The quantitative estimate of drug-likeness (QED) is 0.363. The molecule has 0 rings (SSSR count). The zero-order chi connectivity index (χ0) is 15.2. The lowest BCUT2D eigenvalue weighted by atomic mass is 10.4. The molecule has 0 atom stereocenters. The second-order valence-electron chi connectivity index (χ2n) is 6.39. The van der Waals surface area contributed by atoms with Crippen LogP contribution in [0.3, 0.4) is 0 Å². The molecule has 3 heteroatoms. The second-order valence-corrected chi connectivity index (χ2v) is 11.8. The summed E-state index contributed by atoms with van der Waals surface area (Å²) < 4.78 is 6.61. The highest BCUT2D eigenvalue weighted by molar-refractivity contribution is 6.77. The lowest BCUT2D eigenvalue weighted by Gasteiger charge is -2.42. The molecule has 0 saturated heterocycles. The van der Waals surface area contributed by atoms with E-state index >= 15 is 0 Å². The minimum absolute atomic E-state index is 0.607. The molecule has 0 aromatic rings. The van der Waals surface area contributed by atoms with Crippen molar-refractivity contribution in [3.8, 4) is 0 Å². The third-order valence-corrected chi connectivity index (χ3v) is 9.83. The van der Waals surface area contributed by atoms with Gasteiger partial charge in [-0.05, 0) is 35.7 Å². The van der Waals surface area contributed by atoms with Crippen LogP contribution in [0.4, 0.5) is 0 Å². The maximum absolute atomic E-state index is 6.61. The van der Waals surface area contributed by atoms with E-state index in [1.54, 1.807) is 0 Å². The minimum Gasteiger partial charge on any atom is -0.543 e. The first kappa shape index (κ1) is 18.3. The average Bonchev–Trinajstić information content (AvgIpc) is 2.27. The van der Waals surface area contributed by atoms with Crippen molar-refractivity contribution in [3.63, 3.8) is 0 Å². The van der Waals surface area contributed by atoms with Gasteiger partial charge in [-0.25, -0.2) is 0 Å². The van der Waals surface area contributed by atoms with Gasteiger partial charge in [0.15, 0.2) is 0 Å². The Bertz CT molecular complexity index is 295. The summed E-state index contributed by atoms with van der Waals surface area (Å²) in [6.07, 6.45) is 6.21. The molecule has 19 heavy (non-hydrogen) atoms. The first-order chi connectivity index (χ1) is 8.68. The van der Waals surface area contributed by atoms with Gasteiger partial charge in [0.05, 0.1) is 5.76 Å². The fraction of sp³-hybridized carbons (Fsp3) is 0.750. The van der Waals surface area contributed by atoms with E-state index in [2.05, 4.69) is 66.8 Å². The van der Waals surface area contributed by atoms with Gasteiger partial charge in [-0.1, -0.05) is 41.5 Å². The Hall–Kier alpha value is -0.703. The summed E-state index contributed by atoms with van der Waals surface area (Å²) >= 11 is 0. The van der Waals surface area contributed by atoms with Crippen LogP contribution in [0.5, 0.6) is 0 Å². The molecule has 0 aromatic heterocycles. The van der Waals surface area contributed by atoms with E-state index in [0.29, 0.717) is 16.6 Å². The molecule has 0 radical (unpaired) electrons. The van der Waals surface area contributed by atoms with E-state index in [1.807, 2.05) is 19.0 Å². The van der Waals surface area contributed by atoms with Crippen LogP contribution in [-0.2, 0) is 4.43 Å². The van der Waals surface area contributed by atoms with Crippen molar-refractivity contribution in [2.24, 2.45) is 0 Å². The molecule has 0 saturated carbocycles. The van der Waals surface area contributed by atoms with Gasteiger partial charge in [-0.3, -0.25) is 0 Å². The Labute approximate surface area is 121 Å². The summed E-state index contributed by atoms with van der Waals surface area (Å²) in [5.41, 5.74) is 1.82. The molecular formula is C16H33NOSi. The average molecular weight is 284 g/mol. The largest absolute Gasteiger partial charge is 0.543 e. The number of hydrogen-bond acceptors (Lipinski definition) is 2. The lowest BCUT2D eigenvalue weighted by molar-refractivity contribution is 0.384.